The Hall–Kier alpha value is -1.55. The van der Waals surface area contributed by atoms with Crippen LogP contribution < -0.4 is 10.5 Å². The van der Waals surface area contributed by atoms with Crippen molar-refractivity contribution in [3.63, 3.8) is 0 Å². The number of benzene rings is 1. The van der Waals surface area contributed by atoms with Gasteiger partial charge in [0, 0.05) is 0 Å². The molecule has 88 valence electrons. The Morgan fingerprint density at radius 3 is 2.75 bits per heavy atom. The third-order valence-corrected chi connectivity index (χ3v) is 2.18. The monoisotopic (exact) mass is 223 g/mol. The highest BCUT2D eigenvalue weighted by atomic mass is 16.5. The summed E-state index contributed by atoms with van der Waals surface area (Å²) in [4.78, 5) is 11.3. The average Bonchev–Trinajstić information content (AvgIpc) is 2.25. The van der Waals surface area contributed by atoms with E-state index < -0.39 is 11.5 Å². The normalized spacial score (nSPS) is 14.0. The first-order chi connectivity index (χ1) is 7.45. The fourth-order valence-corrected chi connectivity index (χ4v) is 1.23. The number of hydrogen-bond donors (Lipinski definition) is 1. The van der Waals surface area contributed by atoms with Gasteiger partial charge in [-0.25, -0.2) is 4.79 Å². The highest BCUT2D eigenvalue weighted by molar-refractivity contribution is 5.80. The minimum absolute atomic E-state index is 0.0864. The Labute approximate surface area is 95.3 Å². The van der Waals surface area contributed by atoms with Gasteiger partial charge >= 0.3 is 5.97 Å². The van der Waals surface area contributed by atoms with E-state index in [4.69, 9.17) is 10.5 Å². The van der Waals surface area contributed by atoms with Gasteiger partial charge in [0.05, 0.1) is 7.11 Å². The largest absolute Gasteiger partial charge is 0.491 e. The topological polar surface area (TPSA) is 61.5 Å². The van der Waals surface area contributed by atoms with Crippen molar-refractivity contribution in [3.05, 3.63) is 29.8 Å². The molecule has 4 nitrogen and oxygen atoms in total. The Morgan fingerprint density at radius 2 is 2.19 bits per heavy atom. The van der Waals surface area contributed by atoms with Crippen LogP contribution in [0.2, 0.25) is 0 Å². The molecule has 1 aromatic rings. The lowest BCUT2D eigenvalue weighted by molar-refractivity contribution is -0.147. The van der Waals surface area contributed by atoms with Gasteiger partial charge in [0.1, 0.15) is 17.9 Å². The molecule has 1 rings (SSSR count). The molecule has 0 radical (unpaired) electrons. The van der Waals surface area contributed by atoms with Crippen molar-refractivity contribution < 1.29 is 14.3 Å². The highest BCUT2D eigenvalue weighted by Gasteiger charge is 2.30. The van der Waals surface area contributed by atoms with Crippen molar-refractivity contribution in [2.24, 2.45) is 5.73 Å². The fourth-order valence-electron chi connectivity index (χ4n) is 1.23. The Balaban J connectivity index is 2.61. The minimum Gasteiger partial charge on any atom is -0.491 e. The smallest absolute Gasteiger partial charge is 0.329 e. The van der Waals surface area contributed by atoms with Crippen LogP contribution in [0, 0.1) is 6.92 Å². The van der Waals surface area contributed by atoms with E-state index in [1.54, 1.807) is 6.92 Å². The van der Waals surface area contributed by atoms with Crippen LogP contribution in [-0.2, 0) is 9.53 Å². The van der Waals surface area contributed by atoms with E-state index in [0.29, 0.717) is 5.75 Å². The molecule has 4 heteroatoms. The van der Waals surface area contributed by atoms with Gasteiger partial charge in [-0.3, -0.25) is 0 Å². The molecule has 0 heterocycles. The maximum Gasteiger partial charge on any atom is 0.329 e. The first-order valence-corrected chi connectivity index (χ1v) is 5.02. The molecule has 0 spiro atoms. The van der Waals surface area contributed by atoms with E-state index in [2.05, 4.69) is 4.74 Å². The van der Waals surface area contributed by atoms with Gasteiger partial charge in [-0.05, 0) is 31.5 Å². The van der Waals surface area contributed by atoms with Crippen molar-refractivity contribution in [3.8, 4) is 5.75 Å². The fraction of sp³-hybridized carbons (Fsp3) is 0.417. The van der Waals surface area contributed by atoms with Gasteiger partial charge in [-0.1, -0.05) is 12.1 Å². The number of rotatable bonds is 4. The zero-order valence-electron chi connectivity index (χ0n) is 9.82. The number of methoxy groups -OCH3 is 1. The van der Waals surface area contributed by atoms with Crippen molar-refractivity contribution in [1.29, 1.82) is 0 Å². The van der Waals surface area contributed by atoms with E-state index in [-0.39, 0.29) is 6.61 Å². The number of carbonyl (C=O) groups excluding carboxylic acids is 1. The molecule has 1 aromatic carbocycles. The molecule has 0 amide bonds. The predicted molar refractivity (Wildman–Crippen MR) is 61.3 cm³/mol. The summed E-state index contributed by atoms with van der Waals surface area (Å²) in [5, 5.41) is 0. The molecule has 0 aliphatic rings. The zero-order chi connectivity index (χ0) is 12.2. The second-order valence-corrected chi connectivity index (χ2v) is 4.01. The summed E-state index contributed by atoms with van der Waals surface area (Å²) < 4.78 is 10.0. The molecule has 1 atom stereocenters. The van der Waals surface area contributed by atoms with Crippen LogP contribution in [0.25, 0.3) is 0 Å². The summed E-state index contributed by atoms with van der Waals surface area (Å²) in [5.74, 6) is 0.209. The molecular weight excluding hydrogens is 206 g/mol. The van der Waals surface area contributed by atoms with E-state index in [1.807, 2.05) is 31.2 Å². The van der Waals surface area contributed by atoms with Crippen molar-refractivity contribution in [2.75, 3.05) is 13.7 Å². The summed E-state index contributed by atoms with van der Waals surface area (Å²) in [6.45, 7) is 3.63. The van der Waals surface area contributed by atoms with Gasteiger partial charge < -0.3 is 15.2 Å². The Kier molecular flexibility index (Phi) is 3.90. The Bertz CT molecular complexity index is 374. The summed E-state index contributed by atoms with van der Waals surface area (Å²) in [7, 11) is 1.31. The number of carbonyl (C=O) groups is 1. The number of nitrogens with two attached hydrogens (primary N) is 1. The van der Waals surface area contributed by atoms with Crippen molar-refractivity contribution >= 4 is 5.97 Å². The van der Waals surface area contributed by atoms with Gasteiger partial charge in [-0.15, -0.1) is 0 Å². The first kappa shape index (κ1) is 12.5. The molecule has 0 saturated heterocycles. The summed E-state index contributed by atoms with van der Waals surface area (Å²) in [6, 6.07) is 7.55. The van der Waals surface area contributed by atoms with Crippen LogP contribution in [-0.4, -0.2) is 25.2 Å². The number of hydrogen-bond acceptors (Lipinski definition) is 4. The standard InChI is InChI=1S/C12H17NO3/c1-9-5-4-6-10(7-9)16-8-12(2,13)11(14)15-3/h4-7H,8,13H2,1-3H3. The third-order valence-electron chi connectivity index (χ3n) is 2.18. The van der Waals surface area contributed by atoms with Crippen LogP contribution in [0.3, 0.4) is 0 Å². The molecule has 2 N–H and O–H groups in total. The predicted octanol–water partition coefficient (Wildman–Crippen LogP) is 1.26. The van der Waals surface area contributed by atoms with Crippen LogP contribution in [0.15, 0.2) is 24.3 Å². The second-order valence-electron chi connectivity index (χ2n) is 4.01. The van der Waals surface area contributed by atoms with Gasteiger partial charge in [0.2, 0.25) is 0 Å². The molecule has 0 fully saturated rings. The third kappa shape index (κ3) is 3.24. The molecule has 0 aromatic heterocycles. The van der Waals surface area contributed by atoms with Gasteiger partial charge in [-0.2, -0.15) is 0 Å². The van der Waals surface area contributed by atoms with Crippen LogP contribution >= 0.6 is 0 Å². The lowest BCUT2D eigenvalue weighted by atomic mass is 10.1. The number of aryl methyl sites for hydroxylation is 1. The lowest BCUT2D eigenvalue weighted by Crippen LogP contribution is -2.50. The van der Waals surface area contributed by atoms with E-state index in [0.717, 1.165) is 5.56 Å². The zero-order valence-corrected chi connectivity index (χ0v) is 9.82. The van der Waals surface area contributed by atoms with Crippen LogP contribution in [0.4, 0.5) is 0 Å². The van der Waals surface area contributed by atoms with E-state index in [1.165, 1.54) is 7.11 Å². The minimum atomic E-state index is -1.13. The Morgan fingerprint density at radius 1 is 1.50 bits per heavy atom. The first-order valence-electron chi connectivity index (χ1n) is 5.02. The maximum absolute atomic E-state index is 11.3. The van der Waals surface area contributed by atoms with Crippen molar-refractivity contribution in [1.82, 2.24) is 0 Å². The molecule has 0 aliphatic heterocycles. The SMILES string of the molecule is COC(=O)C(C)(N)COc1cccc(C)c1. The second kappa shape index (κ2) is 4.99. The summed E-state index contributed by atoms with van der Waals surface area (Å²) >= 11 is 0. The van der Waals surface area contributed by atoms with Crippen molar-refractivity contribution in [2.45, 2.75) is 19.4 Å². The molecule has 0 bridgehead atoms. The molecule has 16 heavy (non-hydrogen) atoms. The maximum atomic E-state index is 11.3. The van der Waals surface area contributed by atoms with E-state index in [9.17, 15) is 4.79 Å². The molecule has 0 aliphatic carbocycles. The van der Waals surface area contributed by atoms with Gasteiger partial charge in [0.25, 0.3) is 0 Å². The van der Waals surface area contributed by atoms with Crippen LogP contribution in [0.5, 0.6) is 5.75 Å². The number of esters is 1. The quantitative estimate of drug-likeness (QED) is 0.781. The molecule has 0 saturated carbocycles. The lowest BCUT2D eigenvalue weighted by Gasteiger charge is -2.21. The molecular formula is C12H17NO3. The highest BCUT2D eigenvalue weighted by Crippen LogP contribution is 2.14. The summed E-state index contributed by atoms with van der Waals surface area (Å²) in [5.41, 5.74) is 5.72. The van der Waals surface area contributed by atoms with E-state index >= 15 is 0 Å². The molecule has 1 unspecified atom stereocenters. The average molecular weight is 223 g/mol. The summed E-state index contributed by atoms with van der Waals surface area (Å²) in [6.07, 6.45) is 0. The van der Waals surface area contributed by atoms with Crippen LogP contribution in [0.1, 0.15) is 12.5 Å². The van der Waals surface area contributed by atoms with Gasteiger partial charge in [0.15, 0.2) is 0 Å². The number of ether oxygens (including phenoxy) is 2.